The molecule has 0 amide bonds. The van der Waals surface area contributed by atoms with E-state index in [2.05, 4.69) is 51.3 Å². The second kappa shape index (κ2) is 5.30. The van der Waals surface area contributed by atoms with Crippen LogP contribution in [-0.2, 0) is 5.41 Å². The maximum atomic E-state index is 5.53. The van der Waals surface area contributed by atoms with Crippen LogP contribution >= 0.6 is 15.9 Å². The van der Waals surface area contributed by atoms with Gasteiger partial charge in [-0.15, -0.1) is 0 Å². The summed E-state index contributed by atoms with van der Waals surface area (Å²) in [4.78, 5) is 4.63. The first-order valence-corrected chi connectivity index (χ1v) is 7.69. The third-order valence-electron chi connectivity index (χ3n) is 3.97. The number of rotatable bonds is 2. The molecule has 1 aliphatic heterocycles. The molecule has 1 unspecified atom stereocenters. The zero-order valence-electron chi connectivity index (χ0n) is 11.7. The van der Waals surface area contributed by atoms with E-state index >= 15 is 0 Å². The predicted octanol–water partition coefficient (Wildman–Crippen LogP) is 3.45. The van der Waals surface area contributed by atoms with Crippen molar-refractivity contribution in [2.45, 2.75) is 32.1 Å². The van der Waals surface area contributed by atoms with Gasteiger partial charge in [0.1, 0.15) is 0 Å². The molecular formula is C15H18BrN3O. The van der Waals surface area contributed by atoms with Gasteiger partial charge in [-0.05, 0) is 57.0 Å². The Morgan fingerprint density at radius 2 is 2.25 bits per heavy atom. The minimum atomic E-state index is -0.0488. The summed E-state index contributed by atoms with van der Waals surface area (Å²) in [6.45, 7) is 6.21. The number of hydrogen-bond donors (Lipinski definition) is 1. The van der Waals surface area contributed by atoms with Gasteiger partial charge in [-0.1, -0.05) is 21.1 Å². The van der Waals surface area contributed by atoms with Crippen LogP contribution in [0, 0.1) is 6.92 Å². The van der Waals surface area contributed by atoms with E-state index in [0.29, 0.717) is 5.82 Å². The van der Waals surface area contributed by atoms with Crippen LogP contribution in [0.5, 0.6) is 0 Å². The Balaban J connectivity index is 1.93. The van der Waals surface area contributed by atoms with Crippen LogP contribution in [0.4, 0.5) is 0 Å². The molecule has 0 radical (unpaired) electrons. The SMILES string of the molecule is Cc1cc(Br)ccc1-c1noc(C2(C)CCCNC2)n1. The summed E-state index contributed by atoms with van der Waals surface area (Å²) < 4.78 is 6.59. The number of nitrogens with one attached hydrogen (secondary N) is 1. The molecule has 20 heavy (non-hydrogen) atoms. The lowest BCUT2D eigenvalue weighted by molar-refractivity contribution is 0.245. The van der Waals surface area contributed by atoms with Crippen molar-refractivity contribution in [3.05, 3.63) is 34.1 Å². The van der Waals surface area contributed by atoms with Crippen molar-refractivity contribution in [2.24, 2.45) is 0 Å². The number of nitrogens with zero attached hydrogens (tertiary/aromatic N) is 2. The van der Waals surface area contributed by atoms with Gasteiger partial charge in [0.25, 0.3) is 0 Å². The predicted molar refractivity (Wildman–Crippen MR) is 81.6 cm³/mol. The molecule has 2 aromatic rings. The molecule has 3 rings (SSSR count). The highest BCUT2D eigenvalue weighted by Crippen LogP contribution is 2.31. The highest BCUT2D eigenvalue weighted by molar-refractivity contribution is 9.10. The monoisotopic (exact) mass is 335 g/mol. The highest BCUT2D eigenvalue weighted by Gasteiger charge is 2.34. The van der Waals surface area contributed by atoms with Crippen LogP contribution < -0.4 is 5.32 Å². The van der Waals surface area contributed by atoms with Crippen molar-refractivity contribution >= 4 is 15.9 Å². The summed E-state index contributed by atoms with van der Waals surface area (Å²) in [5, 5.41) is 7.58. The van der Waals surface area contributed by atoms with E-state index in [0.717, 1.165) is 47.4 Å². The van der Waals surface area contributed by atoms with Gasteiger partial charge in [0.2, 0.25) is 11.7 Å². The fourth-order valence-electron chi connectivity index (χ4n) is 2.69. The first kappa shape index (κ1) is 13.8. The maximum absolute atomic E-state index is 5.53. The van der Waals surface area contributed by atoms with Crippen molar-refractivity contribution in [3.63, 3.8) is 0 Å². The van der Waals surface area contributed by atoms with Crippen LogP contribution in [0.1, 0.15) is 31.2 Å². The largest absolute Gasteiger partial charge is 0.338 e. The van der Waals surface area contributed by atoms with Gasteiger partial charge in [0, 0.05) is 16.6 Å². The number of piperidine rings is 1. The van der Waals surface area contributed by atoms with Crippen LogP contribution in [0.2, 0.25) is 0 Å². The average molecular weight is 336 g/mol. The smallest absolute Gasteiger partial charge is 0.234 e. The molecule has 0 spiro atoms. The van der Waals surface area contributed by atoms with E-state index in [9.17, 15) is 0 Å². The fraction of sp³-hybridized carbons (Fsp3) is 0.467. The number of aryl methyl sites for hydroxylation is 1. The van der Waals surface area contributed by atoms with E-state index in [1.807, 2.05) is 12.1 Å². The van der Waals surface area contributed by atoms with Crippen molar-refractivity contribution in [1.29, 1.82) is 0 Å². The Hall–Kier alpha value is -1.20. The van der Waals surface area contributed by atoms with Crippen molar-refractivity contribution < 1.29 is 4.52 Å². The van der Waals surface area contributed by atoms with Gasteiger partial charge in [-0.3, -0.25) is 0 Å². The molecule has 1 N–H and O–H groups in total. The molecule has 1 aliphatic rings. The van der Waals surface area contributed by atoms with E-state index in [1.54, 1.807) is 0 Å². The number of hydrogen-bond acceptors (Lipinski definition) is 4. The average Bonchev–Trinajstić information content (AvgIpc) is 2.90. The number of benzene rings is 1. The Kier molecular flexibility index (Phi) is 3.65. The van der Waals surface area contributed by atoms with Gasteiger partial charge in [0.05, 0.1) is 5.41 Å². The Bertz CT molecular complexity index is 617. The summed E-state index contributed by atoms with van der Waals surface area (Å²) in [6.07, 6.45) is 2.23. The summed E-state index contributed by atoms with van der Waals surface area (Å²) in [5.74, 6) is 1.42. The second-order valence-electron chi connectivity index (χ2n) is 5.72. The number of aromatic nitrogens is 2. The molecule has 2 heterocycles. The van der Waals surface area contributed by atoms with Crippen LogP contribution in [0.3, 0.4) is 0 Å². The minimum Gasteiger partial charge on any atom is -0.338 e. The van der Waals surface area contributed by atoms with Crippen LogP contribution in [0.25, 0.3) is 11.4 Å². The van der Waals surface area contributed by atoms with Gasteiger partial charge >= 0.3 is 0 Å². The Labute approximate surface area is 127 Å². The lowest BCUT2D eigenvalue weighted by atomic mass is 9.83. The topological polar surface area (TPSA) is 51.0 Å². The molecule has 1 saturated heterocycles. The summed E-state index contributed by atoms with van der Waals surface area (Å²) in [6, 6.07) is 6.09. The van der Waals surface area contributed by atoms with Crippen molar-refractivity contribution in [2.75, 3.05) is 13.1 Å². The van der Waals surface area contributed by atoms with Gasteiger partial charge in [0.15, 0.2) is 0 Å². The summed E-state index contributed by atoms with van der Waals surface area (Å²) >= 11 is 3.47. The van der Waals surface area contributed by atoms with Gasteiger partial charge in [-0.25, -0.2) is 0 Å². The first-order valence-electron chi connectivity index (χ1n) is 6.90. The third-order valence-corrected chi connectivity index (χ3v) is 4.46. The van der Waals surface area contributed by atoms with E-state index in [1.165, 1.54) is 0 Å². The number of halogens is 1. The molecule has 0 aliphatic carbocycles. The summed E-state index contributed by atoms with van der Waals surface area (Å²) in [5.41, 5.74) is 2.11. The van der Waals surface area contributed by atoms with E-state index in [-0.39, 0.29) is 5.41 Å². The minimum absolute atomic E-state index is 0.0488. The normalized spacial score (nSPS) is 22.9. The molecule has 1 aromatic heterocycles. The molecule has 1 fully saturated rings. The van der Waals surface area contributed by atoms with Crippen LogP contribution in [-0.4, -0.2) is 23.2 Å². The Morgan fingerprint density at radius 1 is 1.40 bits per heavy atom. The second-order valence-corrected chi connectivity index (χ2v) is 6.64. The van der Waals surface area contributed by atoms with Crippen molar-refractivity contribution in [3.8, 4) is 11.4 Å². The molecule has 0 bridgehead atoms. The quantitative estimate of drug-likeness (QED) is 0.913. The lowest BCUT2D eigenvalue weighted by Gasteiger charge is -2.30. The molecule has 0 saturated carbocycles. The standard InChI is InChI=1S/C15H18BrN3O/c1-10-8-11(16)4-5-12(10)13-18-14(20-19-13)15(2)6-3-7-17-9-15/h4-5,8,17H,3,6-7,9H2,1-2H3. The van der Waals surface area contributed by atoms with Crippen molar-refractivity contribution in [1.82, 2.24) is 15.5 Å². The molecule has 5 heteroatoms. The van der Waals surface area contributed by atoms with E-state index < -0.39 is 0 Å². The molecule has 4 nitrogen and oxygen atoms in total. The van der Waals surface area contributed by atoms with Gasteiger partial charge in [-0.2, -0.15) is 4.98 Å². The fourth-order valence-corrected chi connectivity index (χ4v) is 3.17. The molecule has 1 atom stereocenters. The highest BCUT2D eigenvalue weighted by atomic mass is 79.9. The first-order chi connectivity index (χ1) is 9.58. The Morgan fingerprint density at radius 3 is 2.95 bits per heavy atom. The zero-order chi connectivity index (χ0) is 14.2. The molecule has 106 valence electrons. The molecule has 1 aromatic carbocycles. The maximum Gasteiger partial charge on any atom is 0.234 e. The zero-order valence-corrected chi connectivity index (χ0v) is 13.3. The molecular weight excluding hydrogens is 318 g/mol. The lowest BCUT2D eigenvalue weighted by Crippen LogP contribution is -2.41. The summed E-state index contributed by atoms with van der Waals surface area (Å²) in [7, 11) is 0. The van der Waals surface area contributed by atoms with Crippen LogP contribution in [0.15, 0.2) is 27.2 Å². The van der Waals surface area contributed by atoms with E-state index in [4.69, 9.17) is 4.52 Å². The van der Waals surface area contributed by atoms with Gasteiger partial charge < -0.3 is 9.84 Å². The third kappa shape index (κ3) is 2.52.